The van der Waals surface area contributed by atoms with Gasteiger partial charge in [-0.2, -0.15) is 0 Å². The minimum atomic E-state index is 0.124. The molecule has 1 unspecified atom stereocenters. The van der Waals surface area contributed by atoms with E-state index in [1.165, 1.54) is 11.1 Å². The molecule has 0 amide bonds. The summed E-state index contributed by atoms with van der Waals surface area (Å²) in [7, 11) is 0. The largest absolute Gasteiger partial charge is 0.396 e. The van der Waals surface area contributed by atoms with Crippen molar-refractivity contribution in [2.24, 2.45) is 0 Å². The Balaban J connectivity index is 3.27. The SMILES string of the molecule is CC(CO)c1cc(Br)ccc1C(C)(C)C. The average molecular weight is 271 g/mol. The molecule has 0 fully saturated rings. The van der Waals surface area contributed by atoms with Gasteiger partial charge in [-0.3, -0.25) is 0 Å². The standard InChI is InChI=1S/C13H19BrO/c1-9(8-15)11-7-10(14)5-6-12(11)13(2,3)4/h5-7,9,15H,8H2,1-4H3. The third-order valence-corrected chi connectivity index (χ3v) is 3.12. The molecule has 1 aromatic carbocycles. The molecule has 0 spiro atoms. The van der Waals surface area contributed by atoms with Crippen molar-refractivity contribution < 1.29 is 5.11 Å². The third kappa shape index (κ3) is 3.05. The zero-order valence-corrected chi connectivity index (χ0v) is 11.4. The van der Waals surface area contributed by atoms with Gasteiger partial charge in [0.25, 0.3) is 0 Å². The van der Waals surface area contributed by atoms with E-state index in [1.807, 2.05) is 0 Å². The van der Waals surface area contributed by atoms with Gasteiger partial charge in [-0.05, 0) is 28.7 Å². The zero-order chi connectivity index (χ0) is 11.6. The van der Waals surface area contributed by atoms with Crippen LogP contribution < -0.4 is 0 Å². The Bertz CT molecular complexity index is 339. The van der Waals surface area contributed by atoms with Gasteiger partial charge < -0.3 is 5.11 Å². The summed E-state index contributed by atoms with van der Waals surface area (Å²) in [5, 5.41) is 9.25. The van der Waals surface area contributed by atoms with Crippen molar-refractivity contribution >= 4 is 15.9 Å². The molecule has 1 nitrogen and oxygen atoms in total. The maximum Gasteiger partial charge on any atom is 0.0497 e. The van der Waals surface area contributed by atoms with E-state index in [-0.39, 0.29) is 17.9 Å². The van der Waals surface area contributed by atoms with Crippen molar-refractivity contribution in [2.45, 2.75) is 39.0 Å². The van der Waals surface area contributed by atoms with E-state index in [0.717, 1.165) is 4.47 Å². The van der Waals surface area contributed by atoms with Crippen LogP contribution in [0.1, 0.15) is 44.7 Å². The number of halogens is 1. The molecule has 0 radical (unpaired) electrons. The number of rotatable bonds is 2. The molecule has 0 saturated heterocycles. The minimum Gasteiger partial charge on any atom is -0.396 e. The van der Waals surface area contributed by atoms with E-state index >= 15 is 0 Å². The molecule has 1 rings (SSSR count). The van der Waals surface area contributed by atoms with Crippen LogP contribution in [0.3, 0.4) is 0 Å². The summed E-state index contributed by atoms with van der Waals surface area (Å²) in [5.74, 6) is 0.191. The second-order valence-corrected chi connectivity index (χ2v) is 5.98. The lowest BCUT2D eigenvalue weighted by molar-refractivity contribution is 0.272. The zero-order valence-electron chi connectivity index (χ0n) is 9.84. The Morgan fingerprint density at radius 3 is 2.40 bits per heavy atom. The molecule has 0 aliphatic rings. The summed E-state index contributed by atoms with van der Waals surface area (Å²) >= 11 is 3.48. The molecule has 0 aliphatic carbocycles. The van der Waals surface area contributed by atoms with Crippen molar-refractivity contribution in [3.05, 3.63) is 33.8 Å². The van der Waals surface area contributed by atoms with E-state index in [2.05, 4.69) is 61.8 Å². The van der Waals surface area contributed by atoms with Crippen LogP contribution in [0.5, 0.6) is 0 Å². The van der Waals surface area contributed by atoms with Crippen LogP contribution in [0.4, 0.5) is 0 Å². The molecule has 1 atom stereocenters. The Labute approximate surface area is 101 Å². The molecule has 0 saturated carbocycles. The van der Waals surface area contributed by atoms with Gasteiger partial charge in [0.2, 0.25) is 0 Å². The van der Waals surface area contributed by atoms with Crippen molar-refractivity contribution in [2.75, 3.05) is 6.61 Å². The Kier molecular flexibility index (Phi) is 3.96. The third-order valence-electron chi connectivity index (χ3n) is 2.63. The first-order valence-electron chi connectivity index (χ1n) is 5.27. The molecule has 84 valence electrons. The highest BCUT2D eigenvalue weighted by Crippen LogP contribution is 2.32. The fourth-order valence-electron chi connectivity index (χ4n) is 1.72. The van der Waals surface area contributed by atoms with Crippen molar-refractivity contribution in [3.8, 4) is 0 Å². The van der Waals surface area contributed by atoms with Crippen LogP contribution in [0.25, 0.3) is 0 Å². The maximum atomic E-state index is 9.25. The lowest BCUT2D eigenvalue weighted by Crippen LogP contribution is -2.16. The number of aliphatic hydroxyl groups is 1. The molecule has 2 heteroatoms. The minimum absolute atomic E-state index is 0.124. The van der Waals surface area contributed by atoms with E-state index < -0.39 is 0 Å². The maximum absolute atomic E-state index is 9.25. The van der Waals surface area contributed by atoms with E-state index in [0.29, 0.717) is 0 Å². The topological polar surface area (TPSA) is 20.2 Å². The van der Waals surface area contributed by atoms with Gasteiger partial charge >= 0.3 is 0 Å². The molecule has 0 aromatic heterocycles. The first-order valence-corrected chi connectivity index (χ1v) is 6.06. The normalized spacial score (nSPS) is 14.0. The van der Waals surface area contributed by atoms with Gasteiger partial charge in [0.05, 0.1) is 0 Å². The predicted octanol–water partition coefficient (Wildman–Crippen LogP) is 3.84. The summed E-state index contributed by atoms with van der Waals surface area (Å²) in [6.07, 6.45) is 0. The van der Waals surface area contributed by atoms with Gasteiger partial charge in [0, 0.05) is 17.0 Å². The average Bonchev–Trinajstić information content (AvgIpc) is 2.14. The Hall–Kier alpha value is -0.340. The summed E-state index contributed by atoms with van der Waals surface area (Å²) in [6.45, 7) is 8.84. The van der Waals surface area contributed by atoms with Gasteiger partial charge in [0.15, 0.2) is 0 Å². The smallest absolute Gasteiger partial charge is 0.0497 e. The van der Waals surface area contributed by atoms with Crippen LogP contribution in [0.15, 0.2) is 22.7 Å². The van der Waals surface area contributed by atoms with Crippen molar-refractivity contribution in [1.29, 1.82) is 0 Å². The van der Waals surface area contributed by atoms with Crippen LogP contribution in [0, 0.1) is 0 Å². The van der Waals surface area contributed by atoms with Crippen LogP contribution in [0.2, 0.25) is 0 Å². The monoisotopic (exact) mass is 270 g/mol. The fourth-order valence-corrected chi connectivity index (χ4v) is 2.10. The molecule has 0 bridgehead atoms. The first-order chi connectivity index (χ1) is 6.86. The fraction of sp³-hybridized carbons (Fsp3) is 0.538. The Morgan fingerprint density at radius 1 is 1.33 bits per heavy atom. The van der Waals surface area contributed by atoms with Gasteiger partial charge in [-0.1, -0.05) is 49.7 Å². The molecule has 0 aliphatic heterocycles. The number of benzene rings is 1. The lowest BCUT2D eigenvalue weighted by atomic mass is 9.80. The summed E-state index contributed by atoms with van der Waals surface area (Å²) in [5.41, 5.74) is 2.67. The highest BCUT2D eigenvalue weighted by Gasteiger charge is 2.20. The molecular weight excluding hydrogens is 252 g/mol. The molecule has 0 heterocycles. The van der Waals surface area contributed by atoms with Gasteiger partial charge in [-0.25, -0.2) is 0 Å². The van der Waals surface area contributed by atoms with Crippen LogP contribution in [-0.2, 0) is 5.41 Å². The van der Waals surface area contributed by atoms with Crippen LogP contribution in [-0.4, -0.2) is 11.7 Å². The number of aliphatic hydroxyl groups excluding tert-OH is 1. The van der Waals surface area contributed by atoms with E-state index in [4.69, 9.17) is 0 Å². The summed E-state index contributed by atoms with van der Waals surface area (Å²) in [4.78, 5) is 0. The second-order valence-electron chi connectivity index (χ2n) is 5.07. The van der Waals surface area contributed by atoms with Crippen molar-refractivity contribution in [3.63, 3.8) is 0 Å². The molecule has 1 N–H and O–H groups in total. The van der Waals surface area contributed by atoms with Crippen LogP contribution >= 0.6 is 15.9 Å². The quantitative estimate of drug-likeness (QED) is 0.866. The highest BCUT2D eigenvalue weighted by atomic mass is 79.9. The highest BCUT2D eigenvalue weighted by molar-refractivity contribution is 9.10. The second kappa shape index (κ2) is 4.67. The van der Waals surface area contributed by atoms with Gasteiger partial charge in [0.1, 0.15) is 0 Å². The molecular formula is C13H19BrO. The molecule has 15 heavy (non-hydrogen) atoms. The molecule has 1 aromatic rings. The number of hydrogen-bond donors (Lipinski definition) is 1. The summed E-state index contributed by atoms with van der Waals surface area (Å²) < 4.78 is 1.07. The van der Waals surface area contributed by atoms with Gasteiger partial charge in [-0.15, -0.1) is 0 Å². The number of hydrogen-bond acceptors (Lipinski definition) is 1. The van der Waals surface area contributed by atoms with Crippen molar-refractivity contribution in [1.82, 2.24) is 0 Å². The summed E-state index contributed by atoms with van der Waals surface area (Å²) in [6, 6.07) is 6.32. The predicted molar refractivity (Wildman–Crippen MR) is 68.3 cm³/mol. The van der Waals surface area contributed by atoms with E-state index in [9.17, 15) is 5.11 Å². The van der Waals surface area contributed by atoms with E-state index in [1.54, 1.807) is 0 Å². The lowest BCUT2D eigenvalue weighted by Gasteiger charge is -2.25. The first kappa shape index (κ1) is 12.7. The Morgan fingerprint density at radius 2 is 1.93 bits per heavy atom.